The van der Waals surface area contributed by atoms with Gasteiger partial charge >= 0.3 is 6.18 Å². The van der Waals surface area contributed by atoms with Gasteiger partial charge in [0.25, 0.3) is 15.9 Å². The molecule has 0 saturated heterocycles. The number of halogens is 3. The number of aromatic nitrogens is 2. The standard InChI is InChI=1S/C18H17F3N4O3S/c1-3-25-11(2)22-14-10-12(8-9-15(14)25)17(26)23-24-29(27,28)16-7-5-4-6-13(16)18(19,20)21/h4-10,24H,3H2,1-2H3,(H,23,26). The highest BCUT2D eigenvalue weighted by molar-refractivity contribution is 7.89. The van der Waals surface area contributed by atoms with Crippen molar-refractivity contribution in [3.05, 3.63) is 59.4 Å². The van der Waals surface area contributed by atoms with Crippen LogP contribution in [0.3, 0.4) is 0 Å². The predicted molar refractivity (Wildman–Crippen MR) is 99.4 cm³/mol. The fourth-order valence-electron chi connectivity index (χ4n) is 2.97. The highest BCUT2D eigenvalue weighted by Gasteiger charge is 2.37. The third kappa shape index (κ3) is 4.10. The van der Waals surface area contributed by atoms with Crippen molar-refractivity contribution in [2.24, 2.45) is 0 Å². The summed E-state index contributed by atoms with van der Waals surface area (Å²) in [6.45, 7) is 4.45. The molecule has 154 valence electrons. The van der Waals surface area contributed by atoms with Gasteiger partial charge in [-0.05, 0) is 44.2 Å². The van der Waals surface area contributed by atoms with Gasteiger partial charge in [0.15, 0.2) is 0 Å². The Morgan fingerprint density at radius 2 is 1.86 bits per heavy atom. The van der Waals surface area contributed by atoms with Crippen LogP contribution in [0.5, 0.6) is 0 Å². The Balaban J connectivity index is 1.83. The Kier molecular flexibility index (Phi) is 5.37. The molecule has 0 fully saturated rings. The fraction of sp³-hybridized carbons (Fsp3) is 0.222. The minimum atomic E-state index is -4.86. The van der Waals surface area contributed by atoms with Gasteiger partial charge in [0.2, 0.25) is 0 Å². The van der Waals surface area contributed by atoms with E-state index in [4.69, 9.17) is 0 Å². The monoisotopic (exact) mass is 426 g/mol. The first kappa shape index (κ1) is 20.8. The summed E-state index contributed by atoms with van der Waals surface area (Å²) in [7, 11) is -4.65. The maximum atomic E-state index is 13.1. The van der Waals surface area contributed by atoms with Crippen LogP contribution in [0.15, 0.2) is 47.4 Å². The summed E-state index contributed by atoms with van der Waals surface area (Å²) in [5, 5.41) is 0. The Morgan fingerprint density at radius 3 is 2.52 bits per heavy atom. The first-order chi connectivity index (χ1) is 13.5. The quantitative estimate of drug-likeness (QED) is 0.614. The van der Waals surface area contributed by atoms with Gasteiger partial charge in [-0.3, -0.25) is 10.2 Å². The predicted octanol–water partition coefficient (Wildman–Crippen LogP) is 3.01. The summed E-state index contributed by atoms with van der Waals surface area (Å²) >= 11 is 0. The van der Waals surface area contributed by atoms with Crippen molar-refractivity contribution >= 4 is 27.0 Å². The van der Waals surface area contributed by atoms with Gasteiger partial charge in [-0.2, -0.15) is 13.2 Å². The summed E-state index contributed by atoms with van der Waals surface area (Å²) in [5.74, 6) is -0.0758. The third-order valence-electron chi connectivity index (χ3n) is 4.30. The molecule has 3 rings (SSSR count). The lowest BCUT2D eigenvalue weighted by Crippen LogP contribution is -2.42. The van der Waals surface area contributed by atoms with E-state index >= 15 is 0 Å². The van der Waals surface area contributed by atoms with Crippen molar-refractivity contribution in [1.82, 2.24) is 19.8 Å². The maximum Gasteiger partial charge on any atom is 0.417 e. The summed E-state index contributed by atoms with van der Waals surface area (Å²) in [4.78, 5) is 17.4. The zero-order chi connectivity index (χ0) is 21.4. The highest BCUT2D eigenvalue weighted by Crippen LogP contribution is 2.33. The van der Waals surface area contributed by atoms with Crippen LogP contribution in [-0.2, 0) is 22.7 Å². The smallest absolute Gasteiger partial charge is 0.329 e. The van der Waals surface area contributed by atoms with Gasteiger partial charge in [-0.15, -0.1) is 4.83 Å². The molecule has 11 heteroatoms. The van der Waals surface area contributed by atoms with Gasteiger partial charge in [0.1, 0.15) is 5.82 Å². The normalized spacial score (nSPS) is 12.3. The summed E-state index contributed by atoms with van der Waals surface area (Å²) in [6, 6.07) is 8.31. The number of amides is 1. The van der Waals surface area contributed by atoms with E-state index in [-0.39, 0.29) is 5.56 Å². The maximum absolute atomic E-state index is 13.1. The average Bonchev–Trinajstić information content (AvgIpc) is 2.99. The number of nitrogens with one attached hydrogen (secondary N) is 2. The molecule has 0 aliphatic rings. The Bertz CT molecular complexity index is 1190. The first-order valence-electron chi connectivity index (χ1n) is 8.50. The SMILES string of the molecule is CCn1c(C)nc2cc(C(=O)NNS(=O)(=O)c3ccccc3C(F)(F)F)ccc21. The number of rotatable bonds is 5. The molecular weight excluding hydrogens is 409 g/mol. The summed E-state index contributed by atoms with van der Waals surface area (Å²) in [5.41, 5.74) is 2.06. The largest absolute Gasteiger partial charge is 0.417 e. The number of hydrazine groups is 1. The molecule has 7 nitrogen and oxygen atoms in total. The second-order valence-electron chi connectivity index (χ2n) is 6.16. The van der Waals surface area contributed by atoms with E-state index in [1.54, 1.807) is 10.9 Å². The average molecular weight is 426 g/mol. The summed E-state index contributed by atoms with van der Waals surface area (Å²) < 4.78 is 65.7. The lowest BCUT2D eigenvalue weighted by atomic mass is 10.2. The van der Waals surface area contributed by atoms with Crippen molar-refractivity contribution < 1.29 is 26.4 Å². The number of imidazole rings is 1. The van der Waals surface area contributed by atoms with Crippen molar-refractivity contribution in [3.8, 4) is 0 Å². The number of fused-ring (bicyclic) bond motifs is 1. The second kappa shape index (κ2) is 7.48. The van der Waals surface area contributed by atoms with Crippen molar-refractivity contribution in [1.29, 1.82) is 0 Å². The van der Waals surface area contributed by atoms with Crippen molar-refractivity contribution in [2.45, 2.75) is 31.5 Å². The molecule has 0 saturated carbocycles. The van der Waals surface area contributed by atoms with Crippen LogP contribution in [0, 0.1) is 6.92 Å². The number of hydrogen-bond acceptors (Lipinski definition) is 4. The Hall–Kier alpha value is -2.92. The molecule has 0 unspecified atom stereocenters. The topological polar surface area (TPSA) is 93.1 Å². The summed E-state index contributed by atoms with van der Waals surface area (Å²) in [6.07, 6.45) is -4.86. The van der Waals surface area contributed by atoms with Crippen molar-refractivity contribution in [2.75, 3.05) is 0 Å². The van der Waals surface area contributed by atoms with Crippen LogP contribution >= 0.6 is 0 Å². The minimum absolute atomic E-state index is 0.102. The van der Waals surface area contributed by atoms with E-state index in [0.29, 0.717) is 18.1 Å². The number of sulfonamides is 1. The molecule has 1 amide bonds. The van der Waals surface area contributed by atoms with Crippen LogP contribution in [0.25, 0.3) is 11.0 Å². The highest BCUT2D eigenvalue weighted by atomic mass is 32.2. The van der Waals surface area contributed by atoms with E-state index < -0.39 is 32.6 Å². The second-order valence-corrected chi connectivity index (χ2v) is 7.81. The lowest BCUT2D eigenvalue weighted by molar-refractivity contribution is -0.139. The zero-order valence-corrected chi connectivity index (χ0v) is 16.2. The minimum Gasteiger partial charge on any atom is -0.329 e. The van der Waals surface area contributed by atoms with E-state index in [9.17, 15) is 26.4 Å². The number of nitrogens with zero attached hydrogens (tertiary/aromatic N) is 2. The lowest BCUT2D eigenvalue weighted by Gasteiger charge is -2.14. The molecule has 3 aromatic rings. The molecule has 0 aliphatic carbocycles. The van der Waals surface area contributed by atoms with Gasteiger partial charge in [-0.1, -0.05) is 12.1 Å². The van der Waals surface area contributed by atoms with Crippen LogP contribution in [-0.4, -0.2) is 23.9 Å². The van der Waals surface area contributed by atoms with E-state index in [1.165, 1.54) is 12.1 Å². The number of alkyl halides is 3. The zero-order valence-electron chi connectivity index (χ0n) is 15.4. The van der Waals surface area contributed by atoms with Crippen LogP contribution < -0.4 is 10.3 Å². The molecule has 0 atom stereocenters. The number of carbonyl (C=O) groups is 1. The van der Waals surface area contributed by atoms with E-state index in [1.807, 2.05) is 23.8 Å². The third-order valence-corrected chi connectivity index (χ3v) is 5.60. The van der Waals surface area contributed by atoms with Crippen LogP contribution in [0.4, 0.5) is 13.2 Å². The Labute approximate surface area is 164 Å². The van der Waals surface area contributed by atoms with Crippen LogP contribution in [0.1, 0.15) is 28.7 Å². The first-order valence-corrected chi connectivity index (χ1v) is 9.98. The van der Waals surface area contributed by atoms with Gasteiger partial charge in [0, 0.05) is 12.1 Å². The Morgan fingerprint density at radius 1 is 1.17 bits per heavy atom. The number of aryl methyl sites for hydroxylation is 2. The molecule has 2 N–H and O–H groups in total. The molecule has 0 radical (unpaired) electrons. The number of benzene rings is 2. The molecule has 0 aliphatic heterocycles. The van der Waals surface area contributed by atoms with Gasteiger partial charge in [0.05, 0.1) is 21.5 Å². The number of hydrogen-bond donors (Lipinski definition) is 2. The van der Waals surface area contributed by atoms with Crippen molar-refractivity contribution in [3.63, 3.8) is 0 Å². The van der Waals surface area contributed by atoms with Gasteiger partial charge < -0.3 is 4.57 Å². The fourth-order valence-corrected chi connectivity index (χ4v) is 4.03. The molecule has 2 aromatic carbocycles. The number of carbonyl (C=O) groups excluding carboxylic acids is 1. The molecule has 0 bridgehead atoms. The molecule has 0 spiro atoms. The van der Waals surface area contributed by atoms with Gasteiger partial charge in [-0.25, -0.2) is 13.4 Å². The molecular formula is C18H17F3N4O3S. The van der Waals surface area contributed by atoms with E-state index in [2.05, 4.69) is 4.98 Å². The molecule has 1 heterocycles. The van der Waals surface area contributed by atoms with Crippen LogP contribution in [0.2, 0.25) is 0 Å². The van der Waals surface area contributed by atoms with E-state index in [0.717, 1.165) is 29.5 Å². The molecule has 29 heavy (non-hydrogen) atoms. The molecule has 1 aromatic heterocycles.